The highest BCUT2D eigenvalue weighted by Gasteiger charge is 2.07. The van der Waals surface area contributed by atoms with E-state index >= 15 is 0 Å². The molecule has 0 saturated carbocycles. The van der Waals surface area contributed by atoms with Gasteiger partial charge < -0.3 is 9.47 Å². The van der Waals surface area contributed by atoms with Crippen LogP contribution in [-0.2, 0) is 11.2 Å². The van der Waals surface area contributed by atoms with Crippen molar-refractivity contribution in [3.63, 3.8) is 0 Å². The SMILES string of the molecule is COc1ccc(CC(=O)Oc2cccc(C=O)c2)cc1. The maximum Gasteiger partial charge on any atom is 0.315 e. The van der Waals surface area contributed by atoms with E-state index < -0.39 is 0 Å². The zero-order chi connectivity index (χ0) is 14.4. The molecule has 0 bridgehead atoms. The number of carbonyl (C=O) groups is 2. The fourth-order valence-electron chi connectivity index (χ4n) is 1.73. The molecule has 0 aromatic heterocycles. The number of ether oxygens (including phenoxy) is 2. The summed E-state index contributed by atoms with van der Waals surface area (Å²) in [4.78, 5) is 22.4. The van der Waals surface area contributed by atoms with Crippen LogP contribution < -0.4 is 9.47 Å². The first-order valence-corrected chi connectivity index (χ1v) is 6.10. The Balaban J connectivity index is 1.99. The first-order chi connectivity index (χ1) is 9.71. The van der Waals surface area contributed by atoms with Crippen LogP contribution in [0.2, 0.25) is 0 Å². The Morgan fingerprint density at radius 1 is 1.10 bits per heavy atom. The van der Waals surface area contributed by atoms with Gasteiger partial charge >= 0.3 is 5.97 Å². The number of hydrogen-bond acceptors (Lipinski definition) is 4. The van der Waals surface area contributed by atoms with Crippen LogP contribution in [0, 0.1) is 0 Å². The summed E-state index contributed by atoms with van der Waals surface area (Å²) in [6.45, 7) is 0. The van der Waals surface area contributed by atoms with Gasteiger partial charge in [0.25, 0.3) is 0 Å². The minimum atomic E-state index is -0.377. The molecular formula is C16H14O4. The van der Waals surface area contributed by atoms with Gasteiger partial charge in [-0.05, 0) is 29.8 Å². The second kappa shape index (κ2) is 6.52. The minimum Gasteiger partial charge on any atom is -0.497 e. The molecule has 0 saturated heterocycles. The number of rotatable bonds is 5. The van der Waals surface area contributed by atoms with Gasteiger partial charge in [-0.1, -0.05) is 24.3 Å². The lowest BCUT2D eigenvalue weighted by Crippen LogP contribution is -2.11. The van der Waals surface area contributed by atoms with E-state index in [9.17, 15) is 9.59 Å². The Morgan fingerprint density at radius 2 is 1.85 bits per heavy atom. The molecule has 20 heavy (non-hydrogen) atoms. The molecule has 0 unspecified atom stereocenters. The molecular weight excluding hydrogens is 256 g/mol. The Bertz CT molecular complexity index is 602. The lowest BCUT2D eigenvalue weighted by molar-refractivity contribution is -0.133. The summed E-state index contributed by atoms with van der Waals surface area (Å²) in [5, 5.41) is 0. The van der Waals surface area contributed by atoms with Gasteiger partial charge in [-0.15, -0.1) is 0 Å². The summed E-state index contributed by atoms with van der Waals surface area (Å²) in [7, 11) is 1.59. The molecule has 0 aliphatic carbocycles. The van der Waals surface area contributed by atoms with Crippen LogP contribution in [0.1, 0.15) is 15.9 Å². The van der Waals surface area contributed by atoms with Gasteiger partial charge in [0.1, 0.15) is 17.8 Å². The van der Waals surface area contributed by atoms with Gasteiger partial charge in [0.05, 0.1) is 13.5 Å². The van der Waals surface area contributed by atoms with Gasteiger partial charge in [0.15, 0.2) is 0 Å². The van der Waals surface area contributed by atoms with Crippen molar-refractivity contribution in [2.24, 2.45) is 0 Å². The lowest BCUT2D eigenvalue weighted by Gasteiger charge is -2.05. The second-order valence-electron chi connectivity index (χ2n) is 4.19. The standard InChI is InChI=1S/C16H14O4/c1-19-14-7-5-12(6-8-14)10-16(18)20-15-4-2-3-13(9-15)11-17/h2-9,11H,10H2,1H3. The highest BCUT2D eigenvalue weighted by Crippen LogP contribution is 2.15. The first kappa shape index (κ1) is 13.8. The molecule has 2 aromatic carbocycles. The van der Waals surface area contributed by atoms with E-state index in [-0.39, 0.29) is 12.4 Å². The third-order valence-corrected chi connectivity index (χ3v) is 2.73. The molecule has 0 amide bonds. The van der Waals surface area contributed by atoms with Gasteiger partial charge in [-0.2, -0.15) is 0 Å². The highest BCUT2D eigenvalue weighted by molar-refractivity contribution is 5.78. The molecule has 0 aliphatic heterocycles. The normalized spacial score (nSPS) is 9.85. The molecule has 0 N–H and O–H groups in total. The van der Waals surface area contributed by atoms with Crippen LogP contribution in [0.3, 0.4) is 0 Å². The fourth-order valence-corrected chi connectivity index (χ4v) is 1.73. The monoisotopic (exact) mass is 270 g/mol. The van der Waals surface area contributed by atoms with Crippen molar-refractivity contribution in [2.75, 3.05) is 7.11 Å². The molecule has 0 radical (unpaired) electrons. The molecule has 0 aliphatic rings. The molecule has 0 atom stereocenters. The Hall–Kier alpha value is -2.62. The van der Waals surface area contributed by atoms with Crippen LogP contribution in [0.25, 0.3) is 0 Å². The number of esters is 1. The van der Waals surface area contributed by atoms with Crippen molar-refractivity contribution in [1.82, 2.24) is 0 Å². The van der Waals surface area contributed by atoms with E-state index in [0.29, 0.717) is 17.6 Å². The maximum atomic E-state index is 11.8. The van der Waals surface area contributed by atoms with Crippen molar-refractivity contribution in [2.45, 2.75) is 6.42 Å². The lowest BCUT2D eigenvalue weighted by atomic mass is 10.1. The van der Waals surface area contributed by atoms with Crippen molar-refractivity contribution >= 4 is 12.3 Å². The Kier molecular flexibility index (Phi) is 4.50. The average Bonchev–Trinajstić information content (AvgIpc) is 2.48. The average molecular weight is 270 g/mol. The maximum absolute atomic E-state index is 11.8. The molecule has 2 aromatic rings. The molecule has 4 nitrogen and oxygen atoms in total. The molecule has 0 spiro atoms. The Morgan fingerprint density at radius 3 is 2.50 bits per heavy atom. The minimum absolute atomic E-state index is 0.162. The van der Waals surface area contributed by atoms with E-state index in [1.54, 1.807) is 37.4 Å². The third kappa shape index (κ3) is 3.68. The molecule has 4 heteroatoms. The van der Waals surface area contributed by atoms with E-state index in [4.69, 9.17) is 9.47 Å². The van der Waals surface area contributed by atoms with E-state index in [1.165, 1.54) is 6.07 Å². The van der Waals surface area contributed by atoms with E-state index in [2.05, 4.69) is 0 Å². The predicted octanol–water partition coefficient (Wildman–Crippen LogP) is 2.66. The van der Waals surface area contributed by atoms with Crippen molar-refractivity contribution in [3.8, 4) is 11.5 Å². The van der Waals surface area contributed by atoms with Crippen LogP contribution in [0.15, 0.2) is 48.5 Å². The van der Waals surface area contributed by atoms with Crippen LogP contribution in [0.4, 0.5) is 0 Å². The summed E-state index contributed by atoms with van der Waals surface area (Å²) in [5.74, 6) is 0.729. The molecule has 102 valence electrons. The van der Waals surface area contributed by atoms with Gasteiger partial charge in [0, 0.05) is 5.56 Å². The quantitative estimate of drug-likeness (QED) is 0.476. The topological polar surface area (TPSA) is 52.6 Å². The van der Waals surface area contributed by atoms with Crippen LogP contribution in [-0.4, -0.2) is 19.4 Å². The summed E-state index contributed by atoms with van der Waals surface area (Å²) >= 11 is 0. The van der Waals surface area contributed by atoms with Gasteiger partial charge in [-0.25, -0.2) is 0 Å². The smallest absolute Gasteiger partial charge is 0.315 e. The van der Waals surface area contributed by atoms with Gasteiger partial charge in [-0.3, -0.25) is 9.59 Å². The zero-order valence-corrected chi connectivity index (χ0v) is 11.0. The predicted molar refractivity (Wildman–Crippen MR) is 74.2 cm³/mol. The number of methoxy groups -OCH3 is 1. The highest BCUT2D eigenvalue weighted by atomic mass is 16.5. The second-order valence-corrected chi connectivity index (χ2v) is 4.19. The fraction of sp³-hybridized carbons (Fsp3) is 0.125. The number of hydrogen-bond donors (Lipinski definition) is 0. The van der Waals surface area contributed by atoms with E-state index in [0.717, 1.165) is 11.3 Å². The zero-order valence-electron chi connectivity index (χ0n) is 11.0. The number of aldehydes is 1. The van der Waals surface area contributed by atoms with Crippen molar-refractivity contribution < 1.29 is 19.1 Å². The van der Waals surface area contributed by atoms with Crippen molar-refractivity contribution in [1.29, 1.82) is 0 Å². The summed E-state index contributed by atoms with van der Waals surface area (Å²) in [5.41, 5.74) is 1.31. The molecule has 0 fully saturated rings. The largest absolute Gasteiger partial charge is 0.497 e. The first-order valence-electron chi connectivity index (χ1n) is 6.10. The third-order valence-electron chi connectivity index (χ3n) is 2.73. The number of benzene rings is 2. The van der Waals surface area contributed by atoms with E-state index in [1.807, 2.05) is 12.1 Å². The summed E-state index contributed by atoms with van der Waals surface area (Å²) < 4.78 is 10.2. The van der Waals surface area contributed by atoms with Crippen LogP contribution >= 0.6 is 0 Å². The van der Waals surface area contributed by atoms with Crippen molar-refractivity contribution in [3.05, 3.63) is 59.7 Å². The van der Waals surface area contributed by atoms with Gasteiger partial charge in [0.2, 0.25) is 0 Å². The Labute approximate surface area is 116 Å². The molecule has 2 rings (SSSR count). The summed E-state index contributed by atoms with van der Waals surface area (Å²) in [6, 6.07) is 13.7. The number of carbonyl (C=O) groups excluding carboxylic acids is 2. The molecule has 0 heterocycles. The van der Waals surface area contributed by atoms with Crippen LogP contribution in [0.5, 0.6) is 11.5 Å². The summed E-state index contributed by atoms with van der Waals surface area (Å²) in [6.07, 6.45) is 0.871.